The van der Waals surface area contributed by atoms with Crippen molar-refractivity contribution in [2.24, 2.45) is 0 Å². The zero-order chi connectivity index (χ0) is 20.9. The number of methoxy groups -OCH3 is 1. The van der Waals surface area contributed by atoms with Crippen molar-refractivity contribution in [2.45, 2.75) is 6.54 Å². The Hall–Kier alpha value is -2.96. The van der Waals surface area contributed by atoms with Gasteiger partial charge in [-0.05, 0) is 41.1 Å². The Morgan fingerprint density at radius 3 is 2.47 bits per heavy atom. The lowest BCUT2D eigenvalue weighted by molar-refractivity contribution is -0.117. The number of fused-ring (bicyclic) bond motifs is 1. The molecule has 4 rings (SSSR count). The monoisotopic (exact) mass is 407 g/mol. The number of piperazine rings is 1. The summed E-state index contributed by atoms with van der Waals surface area (Å²) < 4.78 is 18.9. The van der Waals surface area contributed by atoms with Crippen LogP contribution in [-0.4, -0.2) is 55.5 Å². The van der Waals surface area contributed by atoms with Crippen LogP contribution in [0.4, 0.5) is 10.1 Å². The fraction of sp³-hybridized carbons (Fsp3) is 0.292. The van der Waals surface area contributed by atoms with E-state index in [-0.39, 0.29) is 11.7 Å². The molecule has 0 unspecified atom stereocenters. The molecule has 3 aromatic rings. The van der Waals surface area contributed by atoms with Crippen LogP contribution in [0.1, 0.15) is 5.56 Å². The van der Waals surface area contributed by atoms with E-state index in [9.17, 15) is 9.18 Å². The number of benzene rings is 3. The van der Waals surface area contributed by atoms with Gasteiger partial charge in [0.15, 0.2) is 0 Å². The van der Waals surface area contributed by atoms with Gasteiger partial charge >= 0.3 is 0 Å². The standard InChI is InChI=1S/C24H26FN3O2/c1-30-23-9-7-21(25)14-20(23)16-27-10-12-28(13-11-27)17-24(29)26-22-8-6-18-4-2-3-5-19(18)15-22/h2-9,14-15H,10-13,16-17H2,1H3,(H,26,29). The summed E-state index contributed by atoms with van der Waals surface area (Å²) in [5.74, 6) is 0.439. The summed E-state index contributed by atoms with van der Waals surface area (Å²) in [6.45, 7) is 4.24. The fourth-order valence-corrected chi connectivity index (χ4v) is 3.89. The summed E-state index contributed by atoms with van der Waals surface area (Å²) in [6.07, 6.45) is 0. The predicted molar refractivity (Wildman–Crippen MR) is 117 cm³/mol. The Morgan fingerprint density at radius 2 is 1.70 bits per heavy atom. The van der Waals surface area contributed by atoms with Crippen molar-refractivity contribution in [3.63, 3.8) is 0 Å². The zero-order valence-electron chi connectivity index (χ0n) is 17.1. The van der Waals surface area contributed by atoms with Gasteiger partial charge in [0.1, 0.15) is 11.6 Å². The molecule has 5 nitrogen and oxygen atoms in total. The second-order valence-corrected chi connectivity index (χ2v) is 7.62. The Morgan fingerprint density at radius 1 is 0.967 bits per heavy atom. The smallest absolute Gasteiger partial charge is 0.238 e. The predicted octanol–water partition coefficient (Wildman–Crippen LogP) is 3.74. The molecule has 1 fully saturated rings. The highest BCUT2D eigenvalue weighted by molar-refractivity contribution is 5.95. The number of halogens is 1. The van der Waals surface area contributed by atoms with Crippen molar-refractivity contribution < 1.29 is 13.9 Å². The van der Waals surface area contributed by atoms with Gasteiger partial charge in [0, 0.05) is 44.0 Å². The lowest BCUT2D eigenvalue weighted by atomic mass is 10.1. The number of amides is 1. The van der Waals surface area contributed by atoms with Gasteiger partial charge < -0.3 is 10.1 Å². The average Bonchev–Trinajstić information content (AvgIpc) is 2.75. The third-order valence-corrected chi connectivity index (χ3v) is 5.50. The minimum absolute atomic E-state index is 0.00877. The molecule has 1 aliphatic rings. The molecule has 1 aliphatic heterocycles. The van der Waals surface area contributed by atoms with Crippen molar-refractivity contribution in [2.75, 3.05) is 45.2 Å². The third kappa shape index (κ3) is 4.96. The van der Waals surface area contributed by atoms with E-state index in [1.807, 2.05) is 36.4 Å². The number of hydrogen-bond acceptors (Lipinski definition) is 4. The maximum atomic E-state index is 13.6. The summed E-state index contributed by atoms with van der Waals surface area (Å²) >= 11 is 0. The molecule has 1 N–H and O–H groups in total. The van der Waals surface area contributed by atoms with Gasteiger partial charge in [-0.25, -0.2) is 4.39 Å². The molecule has 3 aromatic carbocycles. The van der Waals surface area contributed by atoms with Gasteiger partial charge in [-0.1, -0.05) is 30.3 Å². The number of ether oxygens (including phenoxy) is 1. The first-order chi connectivity index (χ1) is 14.6. The largest absolute Gasteiger partial charge is 0.496 e. The molecule has 0 aliphatic carbocycles. The van der Waals surface area contributed by atoms with Gasteiger partial charge in [-0.15, -0.1) is 0 Å². The molecule has 0 aromatic heterocycles. The van der Waals surface area contributed by atoms with Crippen molar-refractivity contribution in [1.82, 2.24) is 9.80 Å². The molecule has 0 bridgehead atoms. The molecule has 1 amide bonds. The van der Waals surface area contributed by atoms with Crippen LogP contribution in [-0.2, 0) is 11.3 Å². The molecule has 0 atom stereocenters. The number of hydrogen-bond donors (Lipinski definition) is 1. The maximum absolute atomic E-state index is 13.6. The van der Waals surface area contributed by atoms with Crippen LogP contribution in [0, 0.1) is 5.82 Å². The first-order valence-electron chi connectivity index (χ1n) is 10.2. The first kappa shape index (κ1) is 20.3. The molecule has 1 heterocycles. The summed E-state index contributed by atoms with van der Waals surface area (Å²) in [6, 6.07) is 18.6. The summed E-state index contributed by atoms with van der Waals surface area (Å²) in [7, 11) is 1.60. The number of carbonyl (C=O) groups excluding carboxylic acids is 1. The molecular formula is C24H26FN3O2. The average molecular weight is 407 g/mol. The zero-order valence-corrected chi connectivity index (χ0v) is 17.1. The van der Waals surface area contributed by atoms with Crippen LogP contribution in [0.25, 0.3) is 10.8 Å². The van der Waals surface area contributed by atoms with Crippen LogP contribution in [0.2, 0.25) is 0 Å². The first-order valence-corrected chi connectivity index (χ1v) is 10.2. The third-order valence-electron chi connectivity index (χ3n) is 5.50. The van der Waals surface area contributed by atoms with Crippen LogP contribution >= 0.6 is 0 Å². The number of nitrogens with one attached hydrogen (secondary N) is 1. The summed E-state index contributed by atoms with van der Waals surface area (Å²) in [4.78, 5) is 16.9. The highest BCUT2D eigenvalue weighted by Gasteiger charge is 2.20. The lowest BCUT2D eigenvalue weighted by Gasteiger charge is -2.34. The highest BCUT2D eigenvalue weighted by atomic mass is 19.1. The highest BCUT2D eigenvalue weighted by Crippen LogP contribution is 2.22. The Bertz CT molecular complexity index is 1030. The normalized spacial score (nSPS) is 15.3. The number of carbonyl (C=O) groups is 1. The van der Waals surface area contributed by atoms with E-state index >= 15 is 0 Å². The minimum Gasteiger partial charge on any atom is -0.496 e. The van der Waals surface area contributed by atoms with Crippen molar-refractivity contribution in [3.05, 3.63) is 72.0 Å². The van der Waals surface area contributed by atoms with E-state index in [1.165, 1.54) is 12.1 Å². The molecule has 1 saturated heterocycles. The number of anilines is 1. The number of rotatable bonds is 6. The summed E-state index contributed by atoms with van der Waals surface area (Å²) in [5, 5.41) is 5.26. The topological polar surface area (TPSA) is 44.8 Å². The SMILES string of the molecule is COc1ccc(F)cc1CN1CCN(CC(=O)Nc2ccc3ccccc3c2)CC1. The van der Waals surface area contributed by atoms with Gasteiger partial charge in [0.2, 0.25) is 5.91 Å². The molecular weight excluding hydrogens is 381 g/mol. The van der Waals surface area contributed by atoms with Crippen LogP contribution in [0.5, 0.6) is 5.75 Å². The molecule has 30 heavy (non-hydrogen) atoms. The maximum Gasteiger partial charge on any atom is 0.238 e. The van der Waals surface area contributed by atoms with Crippen molar-refractivity contribution in [1.29, 1.82) is 0 Å². The molecule has 0 saturated carbocycles. The van der Waals surface area contributed by atoms with E-state index in [2.05, 4.69) is 21.2 Å². The van der Waals surface area contributed by atoms with E-state index in [1.54, 1.807) is 13.2 Å². The fourth-order valence-electron chi connectivity index (χ4n) is 3.89. The second-order valence-electron chi connectivity index (χ2n) is 7.62. The van der Waals surface area contributed by atoms with E-state index in [4.69, 9.17) is 4.74 Å². The van der Waals surface area contributed by atoms with Crippen molar-refractivity contribution >= 4 is 22.4 Å². The van der Waals surface area contributed by atoms with Gasteiger partial charge in [0.25, 0.3) is 0 Å². The quantitative estimate of drug-likeness (QED) is 0.676. The van der Waals surface area contributed by atoms with Gasteiger partial charge in [-0.2, -0.15) is 0 Å². The summed E-state index contributed by atoms with van der Waals surface area (Å²) in [5.41, 5.74) is 1.66. The Labute approximate surface area is 176 Å². The Kier molecular flexibility index (Phi) is 6.26. The van der Waals surface area contributed by atoms with E-state index in [0.717, 1.165) is 48.2 Å². The number of nitrogens with zero attached hydrogens (tertiary/aromatic N) is 2. The van der Waals surface area contributed by atoms with E-state index < -0.39 is 0 Å². The van der Waals surface area contributed by atoms with Crippen LogP contribution in [0.15, 0.2) is 60.7 Å². The van der Waals surface area contributed by atoms with Gasteiger partial charge in [0.05, 0.1) is 13.7 Å². The van der Waals surface area contributed by atoms with Gasteiger partial charge in [-0.3, -0.25) is 14.6 Å². The molecule has 6 heteroatoms. The minimum atomic E-state index is -0.255. The van der Waals surface area contributed by atoms with Crippen molar-refractivity contribution in [3.8, 4) is 5.75 Å². The lowest BCUT2D eigenvalue weighted by Crippen LogP contribution is -2.48. The van der Waals surface area contributed by atoms with E-state index in [0.29, 0.717) is 18.8 Å². The molecule has 156 valence electrons. The molecule has 0 spiro atoms. The van der Waals surface area contributed by atoms with Crippen LogP contribution < -0.4 is 10.1 Å². The molecule has 0 radical (unpaired) electrons. The Balaban J connectivity index is 1.28. The second kappa shape index (κ2) is 9.24. The van der Waals surface area contributed by atoms with Crippen LogP contribution in [0.3, 0.4) is 0 Å².